The first kappa shape index (κ1) is 12.1. The molecule has 0 saturated heterocycles. The molecule has 2 aromatic heterocycles. The van der Waals surface area contributed by atoms with Gasteiger partial charge in [-0.2, -0.15) is 5.10 Å². The minimum atomic E-state index is -0.796. The molecule has 6 heteroatoms. The third-order valence-electron chi connectivity index (χ3n) is 2.45. The number of hydrogen-bond donors (Lipinski definition) is 1. The van der Waals surface area contributed by atoms with E-state index in [9.17, 15) is 5.11 Å². The van der Waals surface area contributed by atoms with Crippen molar-refractivity contribution in [2.75, 3.05) is 7.11 Å². The van der Waals surface area contributed by atoms with Crippen LogP contribution in [0.2, 0.25) is 0 Å². The lowest BCUT2D eigenvalue weighted by atomic mass is 10.2. The maximum absolute atomic E-state index is 10.3. The van der Waals surface area contributed by atoms with E-state index in [4.69, 9.17) is 4.74 Å². The second kappa shape index (κ2) is 4.85. The Hall–Kier alpha value is -1.40. The largest absolute Gasteiger partial charge is 0.493 e. The molecule has 1 unspecified atom stereocenters. The molecule has 17 heavy (non-hydrogen) atoms. The van der Waals surface area contributed by atoms with Crippen molar-refractivity contribution in [3.63, 3.8) is 0 Å². The highest BCUT2D eigenvalue weighted by Gasteiger charge is 2.24. The van der Waals surface area contributed by atoms with E-state index in [0.717, 1.165) is 0 Å². The van der Waals surface area contributed by atoms with E-state index in [2.05, 4.69) is 10.1 Å². The number of thiazole rings is 1. The highest BCUT2D eigenvalue weighted by Crippen LogP contribution is 2.32. The van der Waals surface area contributed by atoms with Gasteiger partial charge in [0.05, 0.1) is 13.3 Å². The summed E-state index contributed by atoms with van der Waals surface area (Å²) in [5.41, 5.74) is 0.650. The average Bonchev–Trinajstić information content (AvgIpc) is 2.96. The monoisotopic (exact) mass is 253 g/mol. The van der Waals surface area contributed by atoms with Gasteiger partial charge in [0.2, 0.25) is 0 Å². The molecule has 0 bridgehead atoms. The molecule has 0 aliphatic carbocycles. The zero-order valence-electron chi connectivity index (χ0n) is 9.99. The Morgan fingerprint density at radius 3 is 2.76 bits per heavy atom. The van der Waals surface area contributed by atoms with Gasteiger partial charge in [0.1, 0.15) is 10.7 Å². The normalized spacial score (nSPS) is 13.0. The molecule has 0 spiro atoms. The van der Waals surface area contributed by atoms with Gasteiger partial charge < -0.3 is 9.84 Å². The van der Waals surface area contributed by atoms with Crippen molar-refractivity contribution >= 4 is 11.3 Å². The van der Waals surface area contributed by atoms with E-state index in [-0.39, 0.29) is 6.04 Å². The number of rotatable bonds is 4. The van der Waals surface area contributed by atoms with E-state index in [1.54, 1.807) is 24.2 Å². The molecule has 2 rings (SSSR count). The van der Waals surface area contributed by atoms with Gasteiger partial charge in [-0.05, 0) is 13.8 Å². The van der Waals surface area contributed by atoms with Crippen LogP contribution >= 0.6 is 11.3 Å². The first-order chi connectivity index (χ1) is 8.15. The lowest BCUT2D eigenvalue weighted by Gasteiger charge is -2.15. The third-order valence-corrected chi connectivity index (χ3v) is 3.28. The van der Waals surface area contributed by atoms with Crippen LogP contribution in [0, 0.1) is 0 Å². The zero-order chi connectivity index (χ0) is 12.4. The molecule has 0 saturated carbocycles. The van der Waals surface area contributed by atoms with Crippen LogP contribution in [-0.4, -0.2) is 27.0 Å². The van der Waals surface area contributed by atoms with Crippen molar-refractivity contribution in [1.82, 2.24) is 14.8 Å². The molecule has 1 N–H and O–H groups in total. The van der Waals surface area contributed by atoms with E-state index >= 15 is 0 Å². The molecule has 0 radical (unpaired) electrons. The highest BCUT2D eigenvalue weighted by molar-refractivity contribution is 7.09. The number of aliphatic hydroxyl groups is 1. The summed E-state index contributed by atoms with van der Waals surface area (Å²) in [4.78, 5) is 4.12. The van der Waals surface area contributed by atoms with Crippen LogP contribution in [0.3, 0.4) is 0 Å². The summed E-state index contributed by atoms with van der Waals surface area (Å²) in [6.07, 6.45) is 2.49. The zero-order valence-corrected chi connectivity index (χ0v) is 10.8. The van der Waals surface area contributed by atoms with Crippen LogP contribution in [0.25, 0.3) is 0 Å². The minimum absolute atomic E-state index is 0.156. The van der Waals surface area contributed by atoms with E-state index < -0.39 is 6.10 Å². The number of aromatic nitrogens is 3. The van der Waals surface area contributed by atoms with Crippen LogP contribution in [-0.2, 0) is 0 Å². The Labute approximate surface area is 104 Å². The molecule has 0 fully saturated rings. The fourth-order valence-electron chi connectivity index (χ4n) is 1.67. The summed E-state index contributed by atoms with van der Waals surface area (Å²) < 4.78 is 6.98. The van der Waals surface area contributed by atoms with Crippen LogP contribution in [0.4, 0.5) is 0 Å². The van der Waals surface area contributed by atoms with Crippen LogP contribution < -0.4 is 4.74 Å². The lowest BCUT2D eigenvalue weighted by Crippen LogP contribution is -2.12. The van der Waals surface area contributed by atoms with Crippen molar-refractivity contribution in [2.45, 2.75) is 26.0 Å². The first-order valence-corrected chi connectivity index (χ1v) is 6.22. The Kier molecular flexibility index (Phi) is 3.44. The highest BCUT2D eigenvalue weighted by atomic mass is 32.1. The molecule has 2 aromatic rings. The second-order valence-corrected chi connectivity index (χ2v) is 4.84. The van der Waals surface area contributed by atoms with Gasteiger partial charge in [0, 0.05) is 17.6 Å². The van der Waals surface area contributed by atoms with Crippen molar-refractivity contribution in [2.24, 2.45) is 0 Å². The van der Waals surface area contributed by atoms with Crippen molar-refractivity contribution < 1.29 is 9.84 Å². The maximum atomic E-state index is 10.3. The first-order valence-electron chi connectivity index (χ1n) is 5.34. The molecule has 92 valence electrons. The van der Waals surface area contributed by atoms with Crippen LogP contribution in [0.15, 0.2) is 17.8 Å². The molecule has 0 aromatic carbocycles. The molecule has 5 nitrogen and oxygen atoms in total. The predicted molar refractivity (Wildman–Crippen MR) is 65.3 cm³/mol. The average molecular weight is 253 g/mol. The number of aliphatic hydroxyl groups excluding tert-OH is 1. The molecule has 1 atom stereocenters. The minimum Gasteiger partial charge on any atom is -0.493 e. The van der Waals surface area contributed by atoms with E-state index in [1.807, 2.05) is 19.2 Å². The number of ether oxygens (including phenoxy) is 1. The predicted octanol–water partition coefficient (Wildman–Crippen LogP) is 2.01. The molecule has 0 aliphatic heterocycles. The van der Waals surface area contributed by atoms with Gasteiger partial charge in [0.25, 0.3) is 0 Å². The van der Waals surface area contributed by atoms with Crippen molar-refractivity contribution in [3.8, 4) is 5.75 Å². The van der Waals surface area contributed by atoms with Crippen LogP contribution in [0.1, 0.15) is 36.7 Å². The Bertz CT molecular complexity index is 479. The van der Waals surface area contributed by atoms with Crippen molar-refractivity contribution in [3.05, 3.63) is 28.5 Å². The third kappa shape index (κ3) is 2.18. The molecule has 0 aliphatic rings. The SMILES string of the molecule is COc1cnn(C(C)C)c1C(O)c1nccs1. The summed E-state index contributed by atoms with van der Waals surface area (Å²) in [6.45, 7) is 4.01. The fourth-order valence-corrected chi connectivity index (χ4v) is 2.29. The van der Waals surface area contributed by atoms with Gasteiger partial charge in [0.15, 0.2) is 11.9 Å². The number of methoxy groups -OCH3 is 1. The Morgan fingerprint density at radius 1 is 1.47 bits per heavy atom. The number of hydrogen-bond acceptors (Lipinski definition) is 5. The quantitative estimate of drug-likeness (QED) is 0.905. The fraction of sp³-hybridized carbons (Fsp3) is 0.455. The molecular formula is C11H15N3O2S. The van der Waals surface area contributed by atoms with Gasteiger partial charge in [-0.3, -0.25) is 4.68 Å². The lowest BCUT2D eigenvalue weighted by molar-refractivity contribution is 0.199. The summed E-state index contributed by atoms with van der Waals surface area (Å²) in [5.74, 6) is 0.585. The smallest absolute Gasteiger partial charge is 0.163 e. The van der Waals surface area contributed by atoms with E-state index in [1.165, 1.54) is 11.3 Å². The summed E-state index contributed by atoms with van der Waals surface area (Å²) in [5, 5.41) is 17.0. The van der Waals surface area contributed by atoms with Gasteiger partial charge in [-0.25, -0.2) is 4.98 Å². The molecule has 0 amide bonds. The van der Waals surface area contributed by atoms with E-state index in [0.29, 0.717) is 16.5 Å². The van der Waals surface area contributed by atoms with Crippen LogP contribution in [0.5, 0.6) is 5.75 Å². The Morgan fingerprint density at radius 2 is 2.24 bits per heavy atom. The van der Waals surface area contributed by atoms with Crippen molar-refractivity contribution in [1.29, 1.82) is 0 Å². The number of nitrogens with zero attached hydrogens (tertiary/aromatic N) is 3. The second-order valence-electron chi connectivity index (χ2n) is 3.91. The topological polar surface area (TPSA) is 60.2 Å². The Balaban J connectivity index is 2.45. The van der Waals surface area contributed by atoms with Gasteiger partial charge in [-0.15, -0.1) is 11.3 Å². The summed E-state index contributed by atoms with van der Waals surface area (Å²) in [7, 11) is 1.57. The van der Waals surface area contributed by atoms with Gasteiger partial charge >= 0.3 is 0 Å². The standard InChI is InChI=1S/C11H15N3O2S/c1-7(2)14-9(8(16-3)6-13-14)10(15)11-12-4-5-17-11/h4-7,10,15H,1-3H3. The molecular weight excluding hydrogens is 238 g/mol. The summed E-state index contributed by atoms with van der Waals surface area (Å²) in [6, 6.07) is 0.156. The summed E-state index contributed by atoms with van der Waals surface area (Å²) >= 11 is 1.41. The molecule has 2 heterocycles. The van der Waals surface area contributed by atoms with Gasteiger partial charge in [-0.1, -0.05) is 0 Å². The maximum Gasteiger partial charge on any atom is 0.163 e.